The molecule has 0 N–H and O–H groups in total. The predicted molar refractivity (Wildman–Crippen MR) is 47.5 cm³/mol. The Kier molecular flexibility index (Phi) is 4.07. The van der Waals surface area contributed by atoms with Crippen molar-refractivity contribution < 1.29 is 17.9 Å². The molecule has 0 aliphatic heterocycles. The molecule has 0 spiro atoms. The maximum Gasteiger partial charge on any atom is 0.272 e. The van der Waals surface area contributed by atoms with Gasteiger partial charge in [-0.1, -0.05) is 12.1 Å². The average molecular weight is 225 g/mol. The number of alkyl halides is 3. The van der Waals surface area contributed by atoms with Gasteiger partial charge < -0.3 is 4.74 Å². The quantitative estimate of drug-likeness (QED) is 0.714. The third-order valence-corrected chi connectivity index (χ3v) is 1.83. The molecule has 0 aliphatic rings. The zero-order valence-electron chi connectivity index (χ0n) is 7.14. The van der Waals surface area contributed by atoms with E-state index < -0.39 is 18.8 Å². The first-order valence-corrected chi connectivity index (χ1v) is 4.43. The number of hydrogen-bond acceptors (Lipinski definition) is 1. The fourth-order valence-electron chi connectivity index (χ4n) is 0.967. The minimum atomic E-state index is -2.63. The molecular formula is C9H8ClF3O. The van der Waals surface area contributed by atoms with Crippen LogP contribution in [0.3, 0.4) is 0 Å². The molecule has 78 valence electrons. The number of ether oxygens (including phenoxy) is 1. The molecule has 0 unspecified atom stereocenters. The van der Waals surface area contributed by atoms with E-state index in [2.05, 4.69) is 4.74 Å². The Hall–Kier alpha value is -0.900. The van der Waals surface area contributed by atoms with Gasteiger partial charge in [0.15, 0.2) is 11.6 Å². The summed E-state index contributed by atoms with van der Waals surface area (Å²) in [5.74, 6) is -0.845. The number of benzene rings is 1. The summed E-state index contributed by atoms with van der Waals surface area (Å²) in [6.45, 7) is -0.829. The lowest BCUT2D eigenvalue weighted by Gasteiger charge is -2.09. The summed E-state index contributed by atoms with van der Waals surface area (Å²) >= 11 is 5.49. The Morgan fingerprint density at radius 1 is 1.36 bits per heavy atom. The molecule has 0 aliphatic carbocycles. The molecule has 0 heterocycles. The van der Waals surface area contributed by atoms with Gasteiger partial charge in [-0.3, -0.25) is 0 Å². The molecule has 0 atom stereocenters. The molecule has 0 saturated carbocycles. The molecule has 1 nitrogen and oxygen atoms in total. The van der Waals surface area contributed by atoms with Crippen LogP contribution in [0.5, 0.6) is 5.75 Å². The van der Waals surface area contributed by atoms with E-state index in [9.17, 15) is 13.2 Å². The minimum absolute atomic E-state index is 0.0241. The topological polar surface area (TPSA) is 9.23 Å². The van der Waals surface area contributed by atoms with Gasteiger partial charge in [-0.25, -0.2) is 13.2 Å². The maximum absolute atomic E-state index is 13.1. The average Bonchev–Trinajstić information content (AvgIpc) is 2.15. The van der Waals surface area contributed by atoms with Crippen LogP contribution in [-0.2, 0) is 5.88 Å². The van der Waals surface area contributed by atoms with E-state index in [0.29, 0.717) is 5.56 Å². The van der Waals surface area contributed by atoms with Crippen molar-refractivity contribution in [2.45, 2.75) is 12.3 Å². The lowest BCUT2D eigenvalue weighted by molar-refractivity contribution is 0.0795. The van der Waals surface area contributed by atoms with Gasteiger partial charge in [0.25, 0.3) is 6.43 Å². The second-order valence-electron chi connectivity index (χ2n) is 2.56. The molecular weight excluding hydrogens is 217 g/mol. The van der Waals surface area contributed by atoms with Gasteiger partial charge in [0.05, 0.1) is 5.88 Å². The fraction of sp³-hybridized carbons (Fsp3) is 0.333. The second kappa shape index (κ2) is 5.10. The summed E-state index contributed by atoms with van der Waals surface area (Å²) in [6, 6.07) is 4.11. The van der Waals surface area contributed by atoms with E-state index in [1.807, 2.05) is 0 Å². The van der Waals surface area contributed by atoms with Gasteiger partial charge in [0.1, 0.15) is 6.61 Å². The van der Waals surface area contributed by atoms with Crippen molar-refractivity contribution in [1.29, 1.82) is 0 Å². The summed E-state index contributed by atoms with van der Waals surface area (Å²) in [4.78, 5) is 0. The molecule has 5 heteroatoms. The van der Waals surface area contributed by atoms with Crippen LogP contribution in [0.1, 0.15) is 5.56 Å². The van der Waals surface area contributed by atoms with E-state index >= 15 is 0 Å². The fourth-order valence-corrected chi connectivity index (χ4v) is 1.18. The van der Waals surface area contributed by atoms with E-state index in [4.69, 9.17) is 11.6 Å². The van der Waals surface area contributed by atoms with Crippen LogP contribution in [0.25, 0.3) is 0 Å². The number of hydrogen-bond donors (Lipinski definition) is 0. The van der Waals surface area contributed by atoms with Crippen molar-refractivity contribution in [3.8, 4) is 5.75 Å². The predicted octanol–water partition coefficient (Wildman–Crippen LogP) is 3.21. The first-order valence-electron chi connectivity index (χ1n) is 3.89. The van der Waals surface area contributed by atoms with Crippen LogP contribution < -0.4 is 4.74 Å². The van der Waals surface area contributed by atoms with Gasteiger partial charge in [-0.2, -0.15) is 0 Å². The SMILES string of the molecule is Fc1cccc(CCl)c1OCC(F)F. The van der Waals surface area contributed by atoms with Crippen LogP contribution in [-0.4, -0.2) is 13.0 Å². The Morgan fingerprint density at radius 2 is 2.07 bits per heavy atom. The molecule has 0 aromatic heterocycles. The number of rotatable bonds is 4. The Labute approximate surface area is 84.4 Å². The molecule has 1 aromatic carbocycles. The molecule has 1 rings (SSSR count). The maximum atomic E-state index is 13.1. The van der Waals surface area contributed by atoms with E-state index in [0.717, 1.165) is 6.07 Å². The van der Waals surface area contributed by atoms with Crippen LogP contribution in [0, 0.1) is 5.82 Å². The monoisotopic (exact) mass is 224 g/mol. The van der Waals surface area contributed by atoms with Gasteiger partial charge in [-0.05, 0) is 6.07 Å². The van der Waals surface area contributed by atoms with Crippen molar-refractivity contribution in [1.82, 2.24) is 0 Å². The first-order chi connectivity index (χ1) is 6.65. The highest BCUT2D eigenvalue weighted by molar-refractivity contribution is 6.17. The zero-order chi connectivity index (χ0) is 10.6. The van der Waals surface area contributed by atoms with Crippen molar-refractivity contribution in [3.63, 3.8) is 0 Å². The van der Waals surface area contributed by atoms with Crippen molar-refractivity contribution >= 4 is 11.6 Å². The van der Waals surface area contributed by atoms with Crippen molar-refractivity contribution in [2.24, 2.45) is 0 Å². The Bertz CT molecular complexity index is 304. The molecule has 0 saturated heterocycles. The normalized spacial score (nSPS) is 10.6. The lowest BCUT2D eigenvalue weighted by atomic mass is 10.2. The van der Waals surface area contributed by atoms with Crippen LogP contribution in [0.2, 0.25) is 0 Å². The largest absolute Gasteiger partial charge is 0.484 e. The smallest absolute Gasteiger partial charge is 0.272 e. The second-order valence-corrected chi connectivity index (χ2v) is 2.83. The highest BCUT2D eigenvalue weighted by Crippen LogP contribution is 2.24. The number of para-hydroxylation sites is 1. The highest BCUT2D eigenvalue weighted by Gasteiger charge is 2.11. The minimum Gasteiger partial charge on any atom is -0.484 e. The molecule has 14 heavy (non-hydrogen) atoms. The van der Waals surface area contributed by atoms with Gasteiger partial charge >= 0.3 is 0 Å². The summed E-state index contributed by atoms with van der Waals surface area (Å²) in [6.07, 6.45) is -2.63. The van der Waals surface area contributed by atoms with Crippen molar-refractivity contribution in [2.75, 3.05) is 6.61 Å². The Balaban J connectivity index is 2.82. The summed E-state index contributed by atoms with van der Waals surface area (Å²) in [5.41, 5.74) is 0.368. The molecule has 1 aromatic rings. The van der Waals surface area contributed by atoms with Crippen LogP contribution in [0.4, 0.5) is 13.2 Å². The van der Waals surface area contributed by atoms with Gasteiger partial charge in [0, 0.05) is 5.56 Å². The third-order valence-electron chi connectivity index (χ3n) is 1.55. The summed E-state index contributed by atoms with van der Waals surface area (Å²) in [7, 11) is 0. The summed E-state index contributed by atoms with van der Waals surface area (Å²) < 4.78 is 41.3. The Morgan fingerprint density at radius 3 is 2.64 bits per heavy atom. The standard InChI is InChI=1S/C9H8ClF3O/c10-4-6-2-1-3-7(11)9(6)14-5-8(12)13/h1-3,8H,4-5H2. The number of halogens is 4. The first kappa shape index (κ1) is 11.2. The highest BCUT2D eigenvalue weighted by atomic mass is 35.5. The van der Waals surface area contributed by atoms with Crippen LogP contribution in [0.15, 0.2) is 18.2 Å². The third kappa shape index (κ3) is 2.80. The van der Waals surface area contributed by atoms with Gasteiger partial charge in [0.2, 0.25) is 0 Å². The molecule has 0 amide bonds. The van der Waals surface area contributed by atoms with Crippen molar-refractivity contribution in [3.05, 3.63) is 29.6 Å². The van der Waals surface area contributed by atoms with E-state index in [-0.39, 0.29) is 11.6 Å². The molecule has 0 radical (unpaired) electrons. The van der Waals surface area contributed by atoms with E-state index in [1.165, 1.54) is 12.1 Å². The van der Waals surface area contributed by atoms with E-state index in [1.54, 1.807) is 0 Å². The van der Waals surface area contributed by atoms with Gasteiger partial charge in [-0.15, -0.1) is 11.6 Å². The molecule has 0 bridgehead atoms. The zero-order valence-corrected chi connectivity index (χ0v) is 7.90. The van der Waals surface area contributed by atoms with Crippen LogP contribution >= 0.6 is 11.6 Å². The lowest BCUT2D eigenvalue weighted by Crippen LogP contribution is -2.09. The summed E-state index contributed by atoms with van der Waals surface area (Å²) in [5, 5.41) is 0. The molecule has 0 fully saturated rings.